The number of carbonyl (C=O) groups excluding carboxylic acids is 1. The van der Waals surface area contributed by atoms with E-state index in [1.165, 1.54) is 0 Å². The monoisotopic (exact) mass is 286 g/mol. The summed E-state index contributed by atoms with van der Waals surface area (Å²) in [7, 11) is 1.67. The molecule has 0 radical (unpaired) electrons. The quantitative estimate of drug-likeness (QED) is 0.768. The van der Waals surface area contributed by atoms with Gasteiger partial charge in [0.05, 0.1) is 7.11 Å². The van der Waals surface area contributed by atoms with E-state index < -0.39 is 0 Å². The van der Waals surface area contributed by atoms with Gasteiger partial charge in [0.1, 0.15) is 5.75 Å². The van der Waals surface area contributed by atoms with E-state index in [-0.39, 0.29) is 11.9 Å². The fourth-order valence-electron chi connectivity index (χ4n) is 2.62. The summed E-state index contributed by atoms with van der Waals surface area (Å²) in [5.41, 5.74) is 12.6. The number of hydrogen-bond donors (Lipinski definition) is 2. The van der Waals surface area contributed by atoms with Crippen LogP contribution in [0.5, 0.6) is 5.75 Å². The van der Waals surface area contributed by atoms with Gasteiger partial charge in [-0.15, -0.1) is 0 Å². The van der Waals surface area contributed by atoms with Gasteiger partial charge in [-0.05, 0) is 29.9 Å². The number of nitrogens with two attached hydrogens (primary N) is 2. The summed E-state index contributed by atoms with van der Waals surface area (Å²) < 4.78 is 5.39. The maximum absolute atomic E-state index is 10.7. The van der Waals surface area contributed by atoms with Crippen molar-refractivity contribution in [1.29, 1.82) is 0 Å². The van der Waals surface area contributed by atoms with Crippen molar-refractivity contribution in [3.63, 3.8) is 0 Å². The highest BCUT2D eigenvalue weighted by molar-refractivity contribution is 5.91. The molecule has 112 valence electrons. The van der Waals surface area contributed by atoms with Crippen LogP contribution in [0.3, 0.4) is 0 Å². The van der Waals surface area contributed by atoms with Crippen LogP contribution in [-0.4, -0.2) is 13.0 Å². The summed E-state index contributed by atoms with van der Waals surface area (Å²) in [5, 5.41) is 2.20. The second-order valence-electron chi connectivity index (χ2n) is 5.22. The molecule has 2 rings (SSSR count). The van der Waals surface area contributed by atoms with Crippen LogP contribution in [0, 0.1) is 0 Å². The zero-order valence-corrected chi connectivity index (χ0v) is 12.3. The third kappa shape index (κ3) is 3.73. The Morgan fingerprint density at radius 1 is 1.14 bits per heavy atom. The summed E-state index contributed by atoms with van der Waals surface area (Å²) in [5.74, 6) is 0.605. The molecule has 0 bridgehead atoms. The Hall–Kier alpha value is -2.07. The van der Waals surface area contributed by atoms with Crippen molar-refractivity contribution < 1.29 is 9.53 Å². The molecule has 4 N–H and O–H groups in total. The topological polar surface area (TPSA) is 78.3 Å². The molecule has 1 atom stereocenters. The van der Waals surface area contributed by atoms with Crippen LogP contribution in [-0.2, 0) is 4.79 Å². The van der Waals surface area contributed by atoms with Gasteiger partial charge in [0, 0.05) is 17.8 Å². The average molecular weight is 286 g/mol. The Morgan fingerprint density at radius 2 is 1.86 bits per heavy atom. The van der Waals surface area contributed by atoms with Crippen molar-refractivity contribution in [2.75, 3.05) is 7.11 Å². The Labute approximate surface area is 125 Å². The first-order chi connectivity index (χ1) is 10.1. The summed E-state index contributed by atoms with van der Waals surface area (Å²) in [6, 6.07) is 12.0. The lowest BCUT2D eigenvalue weighted by Gasteiger charge is -2.16. The minimum absolute atomic E-state index is 0.0475. The molecule has 4 nitrogen and oxygen atoms in total. The number of carbonyl (C=O) groups is 1. The molecule has 1 unspecified atom stereocenters. The molecule has 0 fully saturated rings. The van der Waals surface area contributed by atoms with Crippen LogP contribution < -0.4 is 16.2 Å². The van der Waals surface area contributed by atoms with E-state index in [1.54, 1.807) is 7.11 Å². The van der Waals surface area contributed by atoms with Crippen molar-refractivity contribution in [2.24, 2.45) is 11.5 Å². The predicted octanol–water partition coefficient (Wildman–Crippen LogP) is 2.89. The molecule has 2 aromatic rings. The van der Waals surface area contributed by atoms with Gasteiger partial charge in [0.15, 0.2) is 0 Å². The van der Waals surface area contributed by atoms with Crippen LogP contribution >= 0.6 is 0 Å². The van der Waals surface area contributed by atoms with E-state index in [4.69, 9.17) is 16.2 Å². The molecule has 2 aromatic carbocycles. The Kier molecular flexibility index (Phi) is 5.17. The van der Waals surface area contributed by atoms with E-state index >= 15 is 0 Å². The van der Waals surface area contributed by atoms with Gasteiger partial charge < -0.3 is 16.2 Å². The number of unbranched alkanes of at least 4 members (excludes halogenated alkanes) is 1. The number of amides is 1. The molecule has 0 saturated heterocycles. The average Bonchev–Trinajstić information content (AvgIpc) is 2.50. The highest BCUT2D eigenvalue weighted by atomic mass is 16.5. The Balaban J connectivity index is 2.16. The molecule has 0 spiro atoms. The highest BCUT2D eigenvalue weighted by Crippen LogP contribution is 2.32. The maximum Gasteiger partial charge on any atom is 0.217 e. The molecule has 0 aromatic heterocycles. The van der Waals surface area contributed by atoms with Crippen molar-refractivity contribution in [3.8, 4) is 5.75 Å². The zero-order valence-electron chi connectivity index (χ0n) is 12.3. The normalized spacial score (nSPS) is 12.3. The number of rotatable bonds is 7. The third-order valence-corrected chi connectivity index (χ3v) is 3.73. The van der Waals surface area contributed by atoms with Crippen LogP contribution in [0.15, 0.2) is 36.4 Å². The first kappa shape index (κ1) is 15.3. The minimum Gasteiger partial charge on any atom is -0.496 e. The van der Waals surface area contributed by atoms with Gasteiger partial charge in [-0.2, -0.15) is 0 Å². The second kappa shape index (κ2) is 7.09. The van der Waals surface area contributed by atoms with Gasteiger partial charge in [-0.1, -0.05) is 36.8 Å². The highest BCUT2D eigenvalue weighted by Gasteiger charge is 2.12. The fraction of sp³-hybridized carbons (Fsp3) is 0.353. The van der Waals surface area contributed by atoms with Gasteiger partial charge in [0.2, 0.25) is 5.91 Å². The molecule has 1 amide bonds. The second-order valence-corrected chi connectivity index (χ2v) is 5.22. The van der Waals surface area contributed by atoms with Gasteiger partial charge in [0.25, 0.3) is 0 Å². The van der Waals surface area contributed by atoms with E-state index in [1.807, 2.05) is 30.3 Å². The standard InChI is InChI=1S/C17H22N2O2/c1-21-16-11-10-13(12-6-2-3-7-14(12)16)15(18)8-4-5-9-17(19)20/h2-3,6-7,10-11,15H,4-5,8-9,18H2,1H3,(H2,19,20). The summed E-state index contributed by atoms with van der Waals surface area (Å²) in [4.78, 5) is 10.7. The number of fused-ring (bicyclic) bond motifs is 1. The van der Waals surface area contributed by atoms with E-state index in [9.17, 15) is 4.79 Å². The van der Waals surface area contributed by atoms with E-state index in [0.29, 0.717) is 6.42 Å². The molecule has 21 heavy (non-hydrogen) atoms. The molecular weight excluding hydrogens is 264 g/mol. The van der Waals surface area contributed by atoms with Crippen molar-refractivity contribution >= 4 is 16.7 Å². The lowest BCUT2D eigenvalue weighted by Crippen LogP contribution is -2.12. The molecule has 0 aliphatic heterocycles. The summed E-state index contributed by atoms with van der Waals surface area (Å²) in [6.07, 6.45) is 2.95. The molecule has 0 aliphatic carbocycles. The van der Waals surface area contributed by atoms with Crippen LogP contribution in [0.25, 0.3) is 10.8 Å². The number of ether oxygens (including phenoxy) is 1. The SMILES string of the molecule is COc1ccc(C(N)CCCCC(N)=O)c2ccccc12. The van der Waals surface area contributed by atoms with Gasteiger partial charge in [-0.3, -0.25) is 4.79 Å². The van der Waals surface area contributed by atoms with Gasteiger partial charge >= 0.3 is 0 Å². The predicted molar refractivity (Wildman–Crippen MR) is 85.1 cm³/mol. The van der Waals surface area contributed by atoms with Crippen molar-refractivity contribution in [2.45, 2.75) is 31.7 Å². The van der Waals surface area contributed by atoms with Gasteiger partial charge in [-0.25, -0.2) is 0 Å². The third-order valence-electron chi connectivity index (χ3n) is 3.73. The minimum atomic E-state index is -0.251. The number of methoxy groups -OCH3 is 1. The largest absolute Gasteiger partial charge is 0.496 e. The van der Waals surface area contributed by atoms with Crippen LogP contribution in [0.1, 0.15) is 37.3 Å². The molecule has 0 saturated carbocycles. The van der Waals surface area contributed by atoms with Crippen molar-refractivity contribution in [1.82, 2.24) is 0 Å². The number of benzene rings is 2. The molecule has 0 aliphatic rings. The lowest BCUT2D eigenvalue weighted by molar-refractivity contribution is -0.118. The lowest BCUT2D eigenvalue weighted by atomic mass is 9.95. The van der Waals surface area contributed by atoms with E-state index in [2.05, 4.69) is 6.07 Å². The first-order valence-corrected chi connectivity index (χ1v) is 7.23. The summed E-state index contributed by atoms with van der Waals surface area (Å²) >= 11 is 0. The maximum atomic E-state index is 10.7. The summed E-state index contributed by atoms with van der Waals surface area (Å²) in [6.45, 7) is 0. The van der Waals surface area contributed by atoms with Crippen LogP contribution in [0.2, 0.25) is 0 Å². The number of hydrogen-bond acceptors (Lipinski definition) is 3. The molecular formula is C17H22N2O2. The van der Waals surface area contributed by atoms with E-state index in [0.717, 1.165) is 41.3 Å². The fourth-order valence-corrected chi connectivity index (χ4v) is 2.62. The Morgan fingerprint density at radius 3 is 2.52 bits per heavy atom. The molecule has 0 heterocycles. The van der Waals surface area contributed by atoms with Crippen molar-refractivity contribution in [3.05, 3.63) is 42.0 Å². The number of primary amides is 1. The first-order valence-electron chi connectivity index (χ1n) is 7.23. The smallest absolute Gasteiger partial charge is 0.217 e. The molecule has 4 heteroatoms. The van der Waals surface area contributed by atoms with Crippen LogP contribution in [0.4, 0.5) is 0 Å². The zero-order chi connectivity index (χ0) is 15.2. The Bertz CT molecular complexity index is 625.